The van der Waals surface area contributed by atoms with Crippen molar-refractivity contribution in [3.8, 4) is 0 Å². The molecule has 0 unspecified atom stereocenters. The van der Waals surface area contributed by atoms with Crippen LogP contribution in [0.15, 0.2) is 18.2 Å². The molecule has 0 aliphatic carbocycles. The lowest BCUT2D eigenvalue weighted by Crippen LogP contribution is -2.35. The highest BCUT2D eigenvalue weighted by atomic mass is 32.1. The van der Waals surface area contributed by atoms with Crippen LogP contribution < -0.4 is 11.5 Å². The van der Waals surface area contributed by atoms with Gasteiger partial charge in [0.1, 0.15) is 10.7 Å². The van der Waals surface area contributed by atoms with Crippen molar-refractivity contribution in [3.63, 3.8) is 0 Å². The summed E-state index contributed by atoms with van der Waals surface area (Å²) in [5.74, 6) is -1.54. The number of nitrogen functional groups attached to an aromatic ring is 1. The van der Waals surface area contributed by atoms with E-state index < -0.39 is 17.6 Å². The number of carbonyl (C=O) groups excluding carboxylic acids is 2. The van der Waals surface area contributed by atoms with Gasteiger partial charge in [-0.2, -0.15) is 0 Å². The highest BCUT2D eigenvalue weighted by Gasteiger charge is 2.22. The van der Waals surface area contributed by atoms with E-state index in [1.165, 1.54) is 13.1 Å². The van der Waals surface area contributed by atoms with Gasteiger partial charge in [0.25, 0.3) is 5.91 Å². The van der Waals surface area contributed by atoms with E-state index in [2.05, 4.69) is 0 Å². The van der Waals surface area contributed by atoms with E-state index in [-0.39, 0.29) is 22.5 Å². The van der Waals surface area contributed by atoms with Gasteiger partial charge < -0.3 is 16.4 Å². The minimum Gasteiger partial charge on any atom is -0.397 e. The van der Waals surface area contributed by atoms with Crippen molar-refractivity contribution in [2.24, 2.45) is 5.73 Å². The van der Waals surface area contributed by atoms with Gasteiger partial charge in [-0.3, -0.25) is 9.59 Å². The van der Waals surface area contributed by atoms with Crippen molar-refractivity contribution in [3.05, 3.63) is 28.9 Å². The van der Waals surface area contributed by atoms with Crippen LogP contribution in [0.1, 0.15) is 9.67 Å². The summed E-state index contributed by atoms with van der Waals surface area (Å²) in [6, 6.07) is 4.52. The van der Waals surface area contributed by atoms with Crippen LogP contribution in [-0.2, 0) is 4.79 Å². The Kier molecular flexibility index (Phi) is 3.39. The molecule has 1 aromatic carbocycles. The SMILES string of the molecule is CN(CC(N)=O)C(=O)c1sc2cccc(F)c2c1N. The molecule has 0 saturated heterocycles. The number of nitrogens with zero attached hydrogens (tertiary/aromatic N) is 1. The summed E-state index contributed by atoms with van der Waals surface area (Å²) in [6.45, 7) is -0.213. The molecule has 0 aliphatic rings. The molecule has 4 N–H and O–H groups in total. The minimum atomic E-state index is -0.623. The van der Waals surface area contributed by atoms with Crippen LogP contribution in [0, 0.1) is 5.82 Å². The number of thiophene rings is 1. The van der Waals surface area contributed by atoms with E-state index in [4.69, 9.17) is 11.5 Å². The van der Waals surface area contributed by atoms with Crippen LogP contribution in [0.2, 0.25) is 0 Å². The highest BCUT2D eigenvalue weighted by Crippen LogP contribution is 2.35. The lowest BCUT2D eigenvalue weighted by Gasteiger charge is -2.14. The number of anilines is 1. The molecule has 5 nitrogen and oxygen atoms in total. The zero-order chi connectivity index (χ0) is 14.2. The van der Waals surface area contributed by atoms with Gasteiger partial charge in [-0.05, 0) is 12.1 Å². The number of fused-ring (bicyclic) bond motifs is 1. The summed E-state index contributed by atoms with van der Waals surface area (Å²) < 4.78 is 14.3. The zero-order valence-corrected chi connectivity index (χ0v) is 11.0. The maximum atomic E-state index is 13.7. The third-order valence-electron chi connectivity index (χ3n) is 2.64. The monoisotopic (exact) mass is 281 g/mol. The molecule has 0 atom stereocenters. The third kappa shape index (κ3) is 2.37. The highest BCUT2D eigenvalue weighted by molar-refractivity contribution is 7.21. The van der Waals surface area contributed by atoms with Crippen molar-refractivity contribution in [1.29, 1.82) is 0 Å². The van der Waals surface area contributed by atoms with E-state index in [1.54, 1.807) is 12.1 Å². The fourth-order valence-corrected chi connectivity index (χ4v) is 2.90. The molecule has 0 radical (unpaired) electrons. The Morgan fingerprint density at radius 2 is 2.11 bits per heavy atom. The fraction of sp³-hybridized carbons (Fsp3) is 0.167. The van der Waals surface area contributed by atoms with Crippen LogP contribution >= 0.6 is 11.3 Å². The molecular weight excluding hydrogens is 269 g/mol. The van der Waals surface area contributed by atoms with Crippen LogP contribution in [0.25, 0.3) is 10.1 Å². The quantitative estimate of drug-likeness (QED) is 0.885. The Bertz CT molecular complexity index is 668. The van der Waals surface area contributed by atoms with Gasteiger partial charge in [0, 0.05) is 11.7 Å². The summed E-state index contributed by atoms with van der Waals surface area (Å²) in [7, 11) is 1.44. The van der Waals surface area contributed by atoms with Crippen LogP contribution in [0.4, 0.5) is 10.1 Å². The molecule has 1 aromatic heterocycles. The number of rotatable bonds is 3. The van der Waals surface area contributed by atoms with E-state index in [0.29, 0.717) is 4.70 Å². The lowest BCUT2D eigenvalue weighted by atomic mass is 10.2. The molecule has 0 aliphatic heterocycles. The van der Waals surface area contributed by atoms with Gasteiger partial charge >= 0.3 is 0 Å². The first-order chi connectivity index (χ1) is 8.91. The first kappa shape index (κ1) is 13.3. The number of benzene rings is 1. The first-order valence-electron chi connectivity index (χ1n) is 5.42. The molecule has 0 fully saturated rings. The number of nitrogens with two attached hydrogens (primary N) is 2. The van der Waals surface area contributed by atoms with Crippen molar-refractivity contribution < 1.29 is 14.0 Å². The average Bonchev–Trinajstić information content (AvgIpc) is 2.66. The molecular formula is C12H12FN3O2S. The Hall–Kier alpha value is -2.15. The average molecular weight is 281 g/mol. The number of carbonyl (C=O) groups is 2. The molecule has 2 aromatic rings. The predicted octanol–water partition coefficient (Wildman–Crippen LogP) is 1.18. The Morgan fingerprint density at radius 3 is 2.68 bits per heavy atom. The van der Waals surface area contributed by atoms with Gasteiger partial charge in [0.05, 0.1) is 17.6 Å². The summed E-state index contributed by atoms with van der Waals surface area (Å²) in [5.41, 5.74) is 10.9. The number of primary amides is 1. The smallest absolute Gasteiger partial charge is 0.266 e. The number of likely N-dealkylation sites (N-methyl/N-ethyl adjacent to an activating group) is 1. The molecule has 19 heavy (non-hydrogen) atoms. The molecule has 7 heteroatoms. The number of halogens is 1. The third-order valence-corrected chi connectivity index (χ3v) is 3.79. The second kappa shape index (κ2) is 4.85. The van der Waals surface area contributed by atoms with Crippen molar-refractivity contribution in [2.75, 3.05) is 19.3 Å². The normalized spacial score (nSPS) is 10.6. The van der Waals surface area contributed by atoms with E-state index in [1.807, 2.05) is 0 Å². The second-order valence-corrected chi connectivity index (χ2v) is 5.14. The van der Waals surface area contributed by atoms with E-state index in [0.717, 1.165) is 16.2 Å². The van der Waals surface area contributed by atoms with Gasteiger partial charge in [-0.1, -0.05) is 6.07 Å². The molecule has 1 heterocycles. The Morgan fingerprint density at radius 1 is 1.42 bits per heavy atom. The van der Waals surface area contributed by atoms with Crippen molar-refractivity contribution in [2.45, 2.75) is 0 Å². The summed E-state index contributed by atoms with van der Waals surface area (Å²) in [6.07, 6.45) is 0. The van der Waals surface area contributed by atoms with Crippen molar-refractivity contribution >= 4 is 38.9 Å². The molecule has 100 valence electrons. The molecule has 0 spiro atoms. The van der Waals surface area contributed by atoms with Crippen molar-refractivity contribution in [1.82, 2.24) is 4.90 Å². The molecule has 0 saturated carbocycles. The minimum absolute atomic E-state index is 0.0967. The fourth-order valence-electron chi connectivity index (χ4n) is 1.77. The predicted molar refractivity (Wildman–Crippen MR) is 72.4 cm³/mol. The van der Waals surface area contributed by atoms with Crippen LogP contribution in [-0.4, -0.2) is 30.3 Å². The number of hydrogen-bond donors (Lipinski definition) is 2. The molecule has 2 amide bonds. The molecule has 2 rings (SSSR count). The standard InChI is InChI=1S/C12H12FN3O2S/c1-16(5-8(14)17)12(18)11-10(15)9-6(13)3-2-4-7(9)19-11/h2-4H,5,15H2,1H3,(H2,14,17). The maximum absolute atomic E-state index is 13.7. The summed E-state index contributed by atoms with van der Waals surface area (Å²) in [4.78, 5) is 24.3. The summed E-state index contributed by atoms with van der Waals surface area (Å²) in [5, 5.41) is 0.239. The largest absolute Gasteiger partial charge is 0.397 e. The number of amides is 2. The topological polar surface area (TPSA) is 89.4 Å². The van der Waals surface area contributed by atoms with Gasteiger partial charge in [0.2, 0.25) is 5.91 Å². The van der Waals surface area contributed by atoms with E-state index >= 15 is 0 Å². The zero-order valence-electron chi connectivity index (χ0n) is 10.1. The number of hydrogen-bond acceptors (Lipinski definition) is 4. The Labute approximate surface area is 112 Å². The lowest BCUT2D eigenvalue weighted by molar-refractivity contribution is -0.118. The van der Waals surface area contributed by atoms with Crippen LogP contribution in [0.3, 0.4) is 0 Å². The Balaban J connectivity index is 2.46. The summed E-state index contributed by atoms with van der Waals surface area (Å²) >= 11 is 1.09. The second-order valence-electron chi connectivity index (χ2n) is 4.09. The molecule has 0 bridgehead atoms. The van der Waals surface area contributed by atoms with Crippen LogP contribution in [0.5, 0.6) is 0 Å². The van der Waals surface area contributed by atoms with E-state index in [9.17, 15) is 14.0 Å². The van der Waals surface area contributed by atoms with Gasteiger partial charge in [-0.25, -0.2) is 4.39 Å². The van der Waals surface area contributed by atoms with Gasteiger partial charge in [-0.15, -0.1) is 11.3 Å². The van der Waals surface area contributed by atoms with Gasteiger partial charge in [0.15, 0.2) is 0 Å². The maximum Gasteiger partial charge on any atom is 0.266 e. The first-order valence-corrected chi connectivity index (χ1v) is 6.23.